The average molecular weight is 352 g/mol. The highest BCUT2D eigenvalue weighted by atomic mass is 16.5. The molecule has 6 heteroatoms. The van der Waals surface area contributed by atoms with Gasteiger partial charge in [-0.05, 0) is 36.8 Å². The van der Waals surface area contributed by atoms with E-state index in [4.69, 9.17) is 10.2 Å². The van der Waals surface area contributed by atoms with E-state index in [2.05, 4.69) is 28.5 Å². The second kappa shape index (κ2) is 8.01. The molecule has 1 amide bonds. The molecule has 0 saturated carbocycles. The zero-order valence-corrected chi connectivity index (χ0v) is 15.1. The number of hydroxylamine groups is 1. The van der Waals surface area contributed by atoms with E-state index in [1.807, 2.05) is 31.3 Å². The number of para-hydroxylation sites is 1. The van der Waals surface area contributed by atoms with Crippen molar-refractivity contribution in [1.29, 1.82) is 0 Å². The molecule has 0 spiro atoms. The number of hydrogen-bond donors (Lipinski definition) is 2. The van der Waals surface area contributed by atoms with Gasteiger partial charge in [0.1, 0.15) is 5.82 Å². The number of hydrogen-bond acceptors (Lipinski definition) is 4. The SMILES string of the molecule is CCCCN(Cc1nc2cc(C(=O)NO)ccc2n1C)c1ccccc1. The zero-order chi connectivity index (χ0) is 18.5. The molecule has 6 nitrogen and oxygen atoms in total. The molecule has 136 valence electrons. The van der Waals surface area contributed by atoms with Crippen LogP contribution in [0, 0.1) is 0 Å². The Morgan fingerprint density at radius 1 is 1.23 bits per heavy atom. The molecule has 0 unspecified atom stereocenters. The fraction of sp³-hybridized carbons (Fsp3) is 0.300. The first-order valence-electron chi connectivity index (χ1n) is 8.83. The topological polar surface area (TPSA) is 70.4 Å². The highest BCUT2D eigenvalue weighted by molar-refractivity contribution is 5.96. The van der Waals surface area contributed by atoms with E-state index >= 15 is 0 Å². The Hall–Kier alpha value is -2.86. The van der Waals surface area contributed by atoms with Crippen molar-refractivity contribution in [2.24, 2.45) is 7.05 Å². The summed E-state index contributed by atoms with van der Waals surface area (Å²) in [5.74, 6) is 0.398. The molecule has 3 rings (SSSR count). The molecule has 0 fully saturated rings. The van der Waals surface area contributed by atoms with Crippen LogP contribution in [0.25, 0.3) is 11.0 Å². The van der Waals surface area contributed by atoms with Crippen molar-refractivity contribution in [3.63, 3.8) is 0 Å². The van der Waals surface area contributed by atoms with E-state index in [1.165, 1.54) is 5.69 Å². The number of anilines is 1. The Bertz CT molecular complexity index is 889. The van der Waals surface area contributed by atoms with Crippen LogP contribution in [-0.2, 0) is 13.6 Å². The number of unbranched alkanes of at least 4 members (excludes halogenated alkanes) is 1. The van der Waals surface area contributed by atoms with Crippen molar-refractivity contribution in [3.05, 3.63) is 59.9 Å². The molecule has 2 aromatic carbocycles. The van der Waals surface area contributed by atoms with E-state index in [1.54, 1.807) is 17.6 Å². The van der Waals surface area contributed by atoms with E-state index in [0.717, 1.165) is 36.2 Å². The Balaban J connectivity index is 1.92. The van der Waals surface area contributed by atoms with E-state index in [-0.39, 0.29) is 0 Å². The lowest BCUT2D eigenvalue weighted by Crippen LogP contribution is -2.25. The Morgan fingerprint density at radius 3 is 2.69 bits per heavy atom. The molecule has 0 atom stereocenters. The summed E-state index contributed by atoms with van der Waals surface area (Å²) in [4.78, 5) is 18.7. The third kappa shape index (κ3) is 3.70. The molecule has 0 aliphatic heterocycles. The van der Waals surface area contributed by atoms with Crippen molar-refractivity contribution in [2.75, 3.05) is 11.4 Å². The van der Waals surface area contributed by atoms with E-state index in [9.17, 15) is 4.79 Å². The highest BCUT2D eigenvalue weighted by Gasteiger charge is 2.14. The second-order valence-electron chi connectivity index (χ2n) is 6.34. The average Bonchev–Trinajstić information content (AvgIpc) is 3.00. The van der Waals surface area contributed by atoms with Crippen molar-refractivity contribution in [2.45, 2.75) is 26.3 Å². The molecule has 0 radical (unpaired) electrons. The number of benzene rings is 2. The summed E-state index contributed by atoms with van der Waals surface area (Å²) < 4.78 is 2.05. The first kappa shape index (κ1) is 17.9. The predicted molar refractivity (Wildman–Crippen MR) is 102 cm³/mol. The number of carbonyl (C=O) groups excluding carboxylic acids is 1. The minimum atomic E-state index is -0.534. The summed E-state index contributed by atoms with van der Waals surface area (Å²) in [6.45, 7) is 3.84. The van der Waals surface area contributed by atoms with Crippen LogP contribution < -0.4 is 10.4 Å². The highest BCUT2D eigenvalue weighted by Crippen LogP contribution is 2.21. The van der Waals surface area contributed by atoms with Crippen LogP contribution in [0.15, 0.2) is 48.5 Å². The molecule has 0 saturated heterocycles. The normalized spacial score (nSPS) is 10.9. The lowest BCUT2D eigenvalue weighted by Gasteiger charge is -2.24. The molecule has 1 heterocycles. The fourth-order valence-corrected chi connectivity index (χ4v) is 3.05. The summed E-state index contributed by atoms with van der Waals surface area (Å²) in [6, 6.07) is 15.6. The predicted octanol–water partition coefficient (Wildman–Crippen LogP) is 3.50. The molecule has 0 bridgehead atoms. The van der Waals surface area contributed by atoms with Crippen molar-refractivity contribution < 1.29 is 10.0 Å². The van der Waals surface area contributed by atoms with Gasteiger partial charge in [-0.2, -0.15) is 0 Å². The molecule has 3 aromatic rings. The Labute approximate surface area is 153 Å². The standard InChI is InChI=1S/C20H24N4O2/c1-3-4-12-24(16-8-6-5-7-9-16)14-19-21-17-13-15(20(25)22-26)10-11-18(17)23(19)2/h5-11,13,26H,3-4,12,14H2,1-2H3,(H,22,25). The second-order valence-corrected chi connectivity index (χ2v) is 6.34. The lowest BCUT2D eigenvalue weighted by atomic mass is 10.2. The van der Waals surface area contributed by atoms with Crippen molar-refractivity contribution in [3.8, 4) is 0 Å². The summed E-state index contributed by atoms with van der Waals surface area (Å²) in [5.41, 5.74) is 4.92. The van der Waals surface area contributed by atoms with Crippen LogP contribution in [0.5, 0.6) is 0 Å². The third-order valence-electron chi connectivity index (χ3n) is 4.57. The summed E-state index contributed by atoms with van der Waals surface area (Å²) >= 11 is 0. The van der Waals surface area contributed by atoms with Gasteiger partial charge in [0.05, 0.1) is 17.6 Å². The van der Waals surface area contributed by atoms with Gasteiger partial charge in [0.25, 0.3) is 5.91 Å². The number of aromatic nitrogens is 2. The van der Waals surface area contributed by atoms with Crippen LogP contribution in [0.2, 0.25) is 0 Å². The zero-order valence-electron chi connectivity index (χ0n) is 15.1. The summed E-state index contributed by atoms with van der Waals surface area (Å²) in [7, 11) is 1.99. The van der Waals surface area contributed by atoms with Gasteiger partial charge in [-0.3, -0.25) is 10.0 Å². The lowest BCUT2D eigenvalue weighted by molar-refractivity contribution is 0.0706. The van der Waals surface area contributed by atoms with Crippen LogP contribution in [0.4, 0.5) is 5.69 Å². The summed E-state index contributed by atoms with van der Waals surface area (Å²) in [5, 5.41) is 8.82. The van der Waals surface area contributed by atoms with E-state index < -0.39 is 5.91 Å². The van der Waals surface area contributed by atoms with Gasteiger partial charge in [0.2, 0.25) is 0 Å². The monoisotopic (exact) mass is 352 g/mol. The van der Waals surface area contributed by atoms with Gasteiger partial charge >= 0.3 is 0 Å². The molecule has 26 heavy (non-hydrogen) atoms. The maximum atomic E-state index is 11.6. The molecule has 0 aliphatic carbocycles. The number of fused-ring (bicyclic) bond motifs is 1. The number of carbonyl (C=O) groups is 1. The number of nitrogens with one attached hydrogen (secondary N) is 1. The Morgan fingerprint density at radius 2 is 2.00 bits per heavy atom. The van der Waals surface area contributed by atoms with Crippen LogP contribution in [0.1, 0.15) is 35.9 Å². The minimum absolute atomic E-state index is 0.385. The van der Waals surface area contributed by atoms with Gasteiger partial charge in [-0.25, -0.2) is 10.5 Å². The number of amides is 1. The van der Waals surface area contributed by atoms with E-state index in [0.29, 0.717) is 12.1 Å². The van der Waals surface area contributed by atoms with Crippen LogP contribution in [0.3, 0.4) is 0 Å². The minimum Gasteiger partial charge on any atom is -0.364 e. The third-order valence-corrected chi connectivity index (χ3v) is 4.57. The van der Waals surface area contributed by atoms with Gasteiger partial charge in [0.15, 0.2) is 0 Å². The van der Waals surface area contributed by atoms with Gasteiger partial charge in [-0.15, -0.1) is 0 Å². The molecule has 0 aliphatic rings. The van der Waals surface area contributed by atoms with Gasteiger partial charge in [0, 0.05) is 24.8 Å². The largest absolute Gasteiger partial charge is 0.364 e. The molecule has 2 N–H and O–H groups in total. The van der Waals surface area contributed by atoms with Crippen molar-refractivity contribution in [1.82, 2.24) is 15.0 Å². The van der Waals surface area contributed by atoms with Crippen LogP contribution >= 0.6 is 0 Å². The smallest absolute Gasteiger partial charge is 0.274 e. The first-order valence-corrected chi connectivity index (χ1v) is 8.83. The quantitative estimate of drug-likeness (QED) is 0.504. The number of aryl methyl sites for hydroxylation is 1. The number of imidazole rings is 1. The number of nitrogens with zero attached hydrogens (tertiary/aromatic N) is 3. The molecular weight excluding hydrogens is 328 g/mol. The van der Waals surface area contributed by atoms with Gasteiger partial charge in [-0.1, -0.05) is 31.5 Å². The van der Waals surface area contributed by atoms with Crippen molar-refractivity contribution >= 4 is 22.6 Å². The van der Waals surface area contributed by atoms with Crippen LogP contribution in [-0.4, -0.2) is 27.2 Å². The molecular formula is C20H24N4O2. The fourth-order valence-electron chi connectivity index (χ4n) is 3.05. The maximum Gasteiger partial charge on any atom is 0.274 e. The Kier molecular flexibility index (Phi) is 5.53. The molecule has 1 aromatic heterocycles. The van der Waals surface area contributed by atoms with Gasteiger partial charge < -0.3 is 9.47 Å². The first-order chi connectivity index (χ1) is 12.6. The maximum absolute atomic E-state index is 11.6. The number of rotatable bonds is 7. The summed E-state index contributed by atoms with van der Waals surface area (Å²) in [6.07, 6.45) is 2.24.